The van der Waals surface area contributed by atoms with Crippen molar-refractivity contribution in [3.63, 3.8) is 0 Å². The molecular weight excluding hydrogens is 234 g/mol. The molecule has 19 heavy (non-hydrogen) atoms. The molecule has 2 N–H and O–H groups in total. The molecule has 0 unspecified atom stereocenters. The van der Waals surface area contributed by atoms with Gasteiger partial charge < -0.3 is 10.4 Å². The van der Waals surface area contributed by atoms with E-state index in [2.05, 4.69) is 29.6 Å². The van der Waals surface area contributed by atoms with E-state index in [1.165, 1.54) is 5.56 Å². The van der Waals surface area contributed by atoms with Gasteiger partial charge in [0, 0.05) is 0 Å². The van der Waals surface area contributed by atoms with Gasteiger partial charge in [0.15, 0.2) is 0 Å². The van der Waals surface area contributed by atoms with Crippen LogP contribution in [0.15, 0.2) is 60.7 Å². The van der Waals surface area contributed by atoms with E-state index < -0.39 is 0 Å². The molecular formula is C17H21NO. The van der Waals surface area contributed by atoms with Gasteiger partial charge in [0.2, 0.25) is 0 Å². The molecule has 2 nitrogen and oxygen atoms in total. The van der Waals surface area contributed by atoms with Crippen molar-refractivity contribution < 1.29 is 5.11 Å². The van der Waals surface area contributed by atoms with Crippen LogP contribution in [-0.4, -0.2) is 18.3 Å². The molecule has 0 aliphatic heterocycles. The van der Waals surface area contributed by atoms with Crippen LogP contribution in [0.1, 0.15) is 23.6 Å². The normalized spacial score (nSPS) is 12.3. The lowest BCUT2D eigenvalue weighted by Gasteiger charge is -2.16. The molecule has 2 rings (SSSR count). The molecule has 2 heteroatoms. The summed E-state index contributed by atoms with van der Waals surface area (Å²) in [7, 11) is 0. The Morgan fingerprint density at radius 2 is 1.53 bits per heavy atom. The highest BCUT2D eigenvalue weighted by Crippen LogP contribution is 2.11. The van der Waals surface area contributed by atoms with E-state index in [-0.39, 0.29) is 12.6 Å². The van der Waals surface area contributed by atoms with E-state index in [4.69, 9.17) is 0 Å². The van der Waals surface area contributed by atoms with Crippen LogP contribution < -0.4 is 5.32 Å². The number of aliphatic hydroxyl groups excluding tert-OH is 1. The summed E-state index contributed by atoms with van der Waals surface area (Å²) in [4.78, 5) is 0. The fraction of sp³-hybridized carbons (Fsp3) is 0.294. The maximum Gasteiger partial charge on any atom is 0.0626 e. The van der Waals surface area contributed by atoms with Crippen molar-refractivity contribution in [3.8, 4) is 0 Å². The second-order valence-electron chi connectivity index (χ2n) is 4.69. The monoisotopic (exact) mass is 255 g/mol. The maximum atomic E-state index is 9.43. The summed E-state index contributed by atoms with van der Waals surface area (Å²) in [5.41, 5.74) is 2.51. The summed E-state index contributed by atoms with van der Waals surface area (Å²) in [5, 5.41) is 12.8. The van der Waals surface area contributed by atoms with Crippen molar-refractivity contribution in [2.75, 3.05) is 13.2 Å². The molecule has 0 radical (unpaired) electrons. The minimum atomic E-state index is 0.0389. The summed E-state index contributed by atoms with van der Waals surface area (Å²) in [6.07, 6.45) is 2.15. The molecule has 0 fully saturated rings. The number of nitrogens with one attached hydrogen (secondary N) is 1. The highest BCUT2D eigenvalue weighted by Gasteiger charge is 2.07. The molecule has 1 atom stereocenters. The van der Waals surface area contributed by atoms with Gasteiger partial charge in [-0.05, 0) is 30.5 Å². The van der Waals surface area contributed by atoms with E-state index in [9.17, 15) is 5.11 Å². The van der Waals surface area contributed by atoms with Gasteiger partial charge >= 0.3 is 0 Å². The fourth-order valence-electron chi connectivity index (χ4n) is 2.19. The van der Waals surface area contributed by atoms with E-state index in [0.29, 0.717) is 0 Å². The minimum absolute atomic E-state index is 0.0389. The number of rotatable bonds is 7. The topological polar surface area (TPSA) is 32.3 Å². The summed E-state index contributed by atoms with van der Waals surface area (Å²) in [5.74, 6) is 0. The second kappa shape index (κ2) is 7.72. The highest BCUT2D eigenvalue weighted by molar-refractivity contribution is 5.19. The molecule has 100 valence electrons. The predicted molar refractivity (Wildman–Crippen MR) is 79.0 cm³/mol. The number of aryl methyl sites for hydroxylation is 1. The lowest BCUT2D eigenvalue weighted by Crippen LogP contribution is -2.25. The zero-order valence-corrected chi connectivity index (χ0v) is 11.1. The Morgan fingerprint density at radius 3 is 2.16 bits per heavy atom. The average molecular weight is 255 g/mol. The van der Waals surface area contributed by atoms with Crippen LogP contribution in [0.2, 0.25) is 0 Å². The Balaban J connectivity index is 1.75. The SMILES string of the molecule is OC[C@@H](NCCCc1ccccc1)c1ccccc1. The van der Waals surface area contributed by atoms with Gasteiger partial charge in [-0.2, -0.15) is 0 Å². The average Bonchev–Trinajstić information content (AvgIpc) is 2.49. The standard InChI is InChI=1S/C17H21NO/c19-14-17(16-11-5-2-6-12-16)18-13-7-10-15-8-3-1-4-9-15/h1-6,8-9,11-12,17-19H,7,10,13-14H2/t17-/m1/s1. The van der Waals surface area contributed by atoms with Gasteiger partial charge in [-0.15, -0.1) is 0 Å². The van der Waals surface area contributed by atoms with Gasteiger partial charge in [0.05, 0.1) is 12.6 Å². The quantitative estimate of drug-likeness (QED) is 0.746. The lowest BCUT2D eigenvalue weighted by molar-refractivity contribution is 0.244. The zero-order valence-electron chi connectivity index (χ0n) is 11.1. The third-order valence-corrected chi connectivity index (χ3v) is 3.26. The first kappa shape index (κ1) is 13.8. The largest absolute Gasteiger partial charge is 0.394 e. The number of benzene rings is 2. The van der Waals surface area contributed by atoms with Crippen LogP contribution in [0.3, 0.4) is 0 Å². The molecule has 0 saturated carbocycles. The Bertz CT molecular complexity index is 455. The molecule has 0 saturated heterocycles. The number of hydrogen-bond acceptors (Lipinski definition) is 2. The molecule has 0 amide bonds. The molecule has 2 aromatic carbocycles. The van der Waals surface area contributed by atoms with Crippen molar-refractivity contribution in [1.82, 2.24) is 5.32 Å². The van der Waals surface area contributed by atoms with E-state index in [1.807, 2.05) is 36.4 Å². The summed E-state index contributed by atoms with van der Waals surface area (Å²) in [6, 6.07) is 20.6. The summed E-state index contributed by atoms with van der Waals surface area (Å²) < 4.78 is 0. The summed E-state index contributed by atoms with van der Waals surface area (Å²) >= 11 is 0. The van der Waals surface area contributed by atoms with E-state index in [1.54, 1.807) is 0 Å². The maximum absolute atomic E-state index is 9.43. The van der Waals surface area contributed by atoms with E-state index in [0.717, 1.165) is 24.9 Å². The second-order valence-corrected chi connectivity index (χ2v) is 4.69. The van der Waals surface area contributed by atoms with Gasteiger partial charge in [0.1, 0.15) is 0 Å². The van der Waals surface area contributed by atoms with Gasteiger partial charge in [-0.3, -0.25) is 0 Å². The van der Waals surface area contributed by atoms with Crippen LogP contribution >= 0.6 is 0 Å². The van der Waals surface area contributed by atoms with Crippen LogP contribution in [-0.2, 0) is 6.42 Å². The van der Waals surface area contributed by atoms with Gasteiger partial charge in [0.25, 0.3) is 0 Å². The molecule has 0 aliphatic carbocycles. The lowest BCUT2D eigenvalue weighted by atomic mass is 10.1. The van der Waals surface area contributed by atoms with Gasteiger partial charge in [-0.1, -0.05) is 60.7 Å². The molecule has 0 spiro atoms. The van der Waals surface area contributed by atoms with Crippen LogP contribution in [0.4, 0.5) is 0 Å². The van der Waals surface area contributed by atoms with Gasteiger partial charge in [-0.25, -0.2) is 0 Å². The van der Waals surface area contributed by atoms with Crippen molar-refractivity contribution in [1.29, 1.82) is 0 Å². The Hall–Kier alpha value is -1.64. The first-order chi connectivity index (χ1) is 9.40. The Labute approximate surface area is 115 Å². The van der Waals surface area contributed by atoms with Crippen molar-refractivity contribution in [3.05, 3.63) is 71.8 Å². The summed E-state index contributed by atoms with van der Waals surface area (Å²) in [6.45, 7) is 1.05. The zero-order chi connectivity index (χ0) is 13.3. The number of aliphatic hydroxyl groups is 1. The molecule has 0 aromatic heterocycles. The molecule has 0 aliphatic rings. The molecule has 2 aromatic rings. The third-order valence-electron chi connectivity index (χ3n) is 3.26. The van der Waals surface area contributed by atoms with Crippen LogP contribution in [0.5, 0.6) is 0 Å². The minimum Gasteiger partial charge on any atom is -0.394 e. The third kappa shape index (κ3) is 4.51. The van der Waals surface area contributed by atoms with Crippen LogP contribution in [0.25, 0.3) is 0 Å². The predicted octanol–water partition coefficient (Wildman–Crippen LogP) is 2.94. The Kier molecular flexibility index (Phi) is 5.60. The first-order valence-corrected chi connectivity index (χ1v) is 6.83. The first-order valence-electron chi connectivity index (χ1n) is 6.83. The fourth-order valence-corrected chi connectivity index (χ4v) is 2.19. The Morgan fingerprint density at radius 1 is 0.895 bits per heavy atom. The van der Waals surface area contributed by atoms with Crippen LogP contribution in [0, 0.1) is 0 Å². The number of hydrogen-bond donors (Lipinski definition) is 2. The highest BCUT2D eigenvalue weighted by atomic mass is 16.3. The molecule has 0 heterocycles. The smallest absolute Gasteiger partial charge is 0.0626 e. The van der Waals surface area contributed by atoms with Crippen molar-refractivity contribution >= 4 is 0 Å². The van der Waals surface area contributed by atoms with Crippen molar-refractivity contribution in [2.45, 2.75) is 18.9 Å². The van der Waals surface area contributed by atoms with E-state index >= 15 is 0 Å². The molecule has 0 bridgehead atoms. The van der Waals surface area contributed by atoms with Crippen molar-refractivity contribution in [2.24, 2.45) is 0 Å².